The summed E-state index contributed by atoms with van der Waals surface area (Å²) in [4.78, 5) is 11.4. The van der Waals surface area contributed by atoms with Gasteiger partial charge < -0.3 is 9.64 Å². The average molecular weight is 298 g/mol. The first kappa shape index (κ1) is 11.4. The zero-order valence-corrected chi connectivity index (χ0v) is 11.5. The van der Waals surface area contributed by atoms with E-state index in [1.807, 2.05) is 6.07 Å². The molecule has 0 spiro atoms. The Morgan fingerprint density at radius 3 is 2.94 bits per heavy atom. The fraction of sp³-hybridized carbons (Fsp3) is 0.667. The van der Waals surface area contributed by atoms with Gasteiger partial charge in [0.1, 0.15) is 16.2 Å². The predicted molar refractivity (Wildman–Crippen MR) is 69.3 cm³/mol. The molecule has 3 rings (SSSR count). The Labute approximate surface area is 110 Å². The Morgan fingerprint density at radius 1 is 1.41 bits per heavy atom. The normalized spacial score (nSPS) is 25.1. The van der Waals surface area contributed by atoms with Gasteiger partial charge in [-0.2, -0.15) is 0 Å². The number of rotatable bonds is 2. The summed E-state index contributed by atoms with van der Waals surface area (Å²) in [5.74, 6) is 2.61. The summed E-state index contributed by atoms with van der Waals surface area (Å²) < 4.78 is 6.45. The minimum absolute atomic E-state index is 0.280. The van der Waals surface area contributed by atoms with Crippen LogP contribution in [0, 0.1) is 0 Å². The van der Waals surface area contributed by atoms with E-state index >= 15 is 0 Å². The summed E-state index contributed by atoms with van der Waals surface area (Å²) in [6, 6.07) is 2.00. The van der Waals surface area contributed by atoms with Gasteiger partial charge in [-0.05, 0) is 35.7 Å². The molecule has 0 bridgehead atoms. The van der Waals surface area contributed by atoms with Crippen molar-refractivity contribution in [3.63, 3.8) is 0 Å². The molecule has 92 valence electrons. The number of hydrogen-bond acceptors (Lipinski definition) is 4. The molecule has 0 radical (unpaired) electrons. The van der Waals surface area contributed by atoms with Gasteiger partial charge in [0.15, 0.2) is 0 Å². The van der Waals surface area contributed by atoms with Crippen LogP contribution in [0.25, 0.3) is 0 Å². The van der Waals surface area contributed by atoms with Gasteiger partial charge in [-0.1, -0.05) is 0 Å². The molecule has 1 saturated carbocycles. The SMILES string of the molecule is CC1CN(c2cc(Br)nc(C3CC3)n2)CCO1. The van der Waals surface area contributed by atoms with Gasteiger partial charge in [0.05, 0.1) is 12.7 Å². The highest BCUT2D eigenvalue weighted by molar-refractivity contribution is 9.10. The second-order valence-corrected chi connectivity index (χ2v) is 5.62. The Morgan fingerprint density at radius 2 is 2.24 bits per heavy atom. The maximum absolute atomic E-state index is 5.55. The molecule has 17 heavy (non-hydrogen) atoms. The van der Waals surface area contributed by atoms with Crippen LogP contribution in [0.15, 0.2) is 10.7 Å². The third-order valence-electron chi connectivity index (χ3n) is 3.21. The predicted octanol–water partition coefficient (Wildman–Crippen LogP) is 2.34. The van der Waals surface area contributed by atoms with Crippen molar-refractivity contribution < 1.29 is 4.74 Å². The van der Waals surface area contributed by atoms with Crippen molar-refractivity contribution in [1.29, 1.82) is 0 Å². The highest BCUT2D eigenvalue weighted by Crippen LogP contribution is 2.39. The van der Waals surface area contributed by atoms with E-state index in [-0.39, 0.29) is 6.10 Å². The van der Waals surface area contributed by atoms with Crippen LogP contribution in [-0.4, -0.2) is 35.8 Å². The Bertz CT molecular complexity index is 422. The largest absolute Gasteiger partial charge is 0.375 e. The first-order valence-corrected chi connectivity index (χ1v) is 6.92. The van der Waals surface area contributed by atoms with E-state index in [2.05, 4.69) is 37.7 Å². The fourth-order valence-electron chi connectivity index (χ4n) is 2.14. The number of anilines is 1. The van der Waals surface area contributed by atoms with E-state index in [0.29, 0.717) is 5.92 Å². The molecule has 2 aliphatic rings. The number of morpholine rings is 1. The third kappa shape index (κ3) is 2.60. The van der Waals surface area contributed by atoms with E-state index in [0.717, 1.165) is 35.9 Å². The van der Waals surface area contributed by atoms with E-state index in [1.165, 1.54) is 12.8 Å². The van der Waals surface area contributed by atoms with Crippen molar-refractivity contribution in [2.75, 3.05) is 24.6 Å². The standard InChI is InChI=1S/C12H16BrN3O/c1-8-7-16(4-5-17-8)11-6-10(13)14-12(15-11)9-2-3-9/h6,8-9H,2-5,7H2,1H3. The van der Waals surface area contributed by atoms with Crippen LogP contribution in [0.4, 0.5) is 5.82 Å². The Kier molecular flexibility index (Phi) is 3.04. The summed E-state index contributed by atoms with van der Waals surface area (Å²) >= 11 is 3.48. The van der Waals surface area contributed by atoms with Gasteiger partial charge in [-0.25, -0.2) is 9.97 Å². The summed E-state index contributed by atoms with van der Waals surface area (Å²) in [6.07, 6.45) is 2.74. The number of hydrogen-bond donors (Lipinski definition) is 0. The van der Waals surface area contributed by atoms with Crippen LogP contribution in [0.1, 0.15) is 31.5 Å². The maximum atomic E-state index is 5.55. The molecule has 5 heteroatoms. The zero-order chi connectivity index (χ0) is 11.8. The molecule has 0 amide bonds. The van der Waals surface area contributed by atoms with Gasteiger partial charge in [0, 0.05) is 25.1 Å². The van der Waals surface area contributed by atoms with Crippen LogP contribution in [-0.2, 0) is 4.74 Å². The van der Waals surface area contributed by atoms with Crippen LogP contribution in [0.3, 0.4) is 0 Å². The monoisotopic (exact) mass is 297 g/mol. The first-order chi connectivity index (χ1) is 8.22. The lowest BCUT2D eigenvalue weighted by Crippen LogP contribution is -2.41. The quantitative estimate of drug-likeness (QED) is 0.786. The third-order valence-corrected chi connectivity index (χ3v) is 3.61. The molecular formula is C12H16BrN3O. The van der Waals surface area contributed by atoms with E-state index in [1.54, 1.807) is 0 Å². The molecule has 1 aliphatic heterocycles. The maximum Gasteiger partial charge on any atom is 0.135 e. The molecule has 2 fully saturated rings. The van der Waals surface area contributed by atoms with Gasteiger partial charge in [0.25, 0.3) is 0 Å². The summed E-state index contributed by atoms with van der Waals surface area (Å²) in [5.41, 5.74) is 0. The van der Waals surface area contributed by atoms with Crippen LogP contribution < -0.4 is 4.90 Å². The summed E-state index contributed by atoms with van der Waals surface area (Å²) in [7, 11) is 0. The second kappa shape index (κ2) is 4.53. The number of aromatic nitrogens is 2. The Hall–Kier alpha value is -0.680. The molecule has 1 aromatic rings. The van der Waals surface area contributed by atoms with Gasteiger partial charge >= 0.3 is 0 Å². The minimum Gasteiger partial charge on any atom is -0.375 e. The smallest absolute Gasteiger partial charge is 0.135 e. The van der Waals surface area contributed by atoms with Gasteiger partial charge in [-0.15, -0.1) is 0 Å². The van der Waals surface area contributed by atoms with Gasteiger partial charge in [0.2, 0.25) is 0 Å². The molecule has 1 unspecified atom stereocenters. The van der Waals surface area contributed by atoms with Crippen molar-refractivity contribution in [1.82, 2.24) is 9.97 Å². The van der Waals surface area contributed by atoms with E-state index in [4.69, 9.17) is 4.74 Å². The summed E-state index contributed by atoms with van der Waals surface area (Å²) in [6.45, 7) is 4.71. The molecule has 1 saturated heterocycles. The molecular weight excluding hydrogens is 282 g/mol. The first-order valence-electron chi connectivity index (χ1n) is 6.13. The minimum atomic E-state index is 0.280. The second-order valence-electron chi connectivity index (χ2n) is 4.81. The molecule has 0 aromatic carbocycles. The van der Waals surface area contributed by atoms with E-state index in [9.17, 15) is 0 Å². The lowest BCUT2D eigenvalue weighted by atomic mass is 10.3. The van der Waals surface area contributed by atoms with Crippen molar-refractivity contribution in [3.05, 3.63) is 16.5 Å². The average Bonchev–Trinajstić information content (AvgIpc) is 3.12. The van der Waals surface area contributed by atoms with Crippen molar-refractivity contribution in [2.24, 2.45) is 0 Å². The zero-order valence-electron chi connectivity index (χ0n) is 9.90. The van der Waals surface area contributed by atoms with Crippen LogP contribution in [0.2, 0.25) is 0 Å². The van der Waals surface area contributed by atoms with Crippen LogP contribution >= 0.6 is 15.9 Å². The highest BCUT2D eigenvalue weighted by atomic mass is 79.9. The molecule has 1 aromatic heterocycles. The topological polar surface area (TPSA) is 38.2 Å². The number of ether oxygens (including phenoxy) is 1. The van der Waals surface area contributed by atoms with Crippen molar-refractivity contribution in [3.8, 4) is 0 Å². The molecule has 0 N–H and O–H groups in total. The van der Waals surface area contributed by atoms with E-state index < -0.39 is 0 Å². The van der Waals surface area contributed by atoms with Gasteiger partial charge in [-0.3, -0.25) is 0 Å². The molecule has 1 atom stereocenters. The number of halogens is 1. The summed E-state index contributed by atoms with van der Waals surface area (Å²) in [5, 5.41) is 0. The van der Waals surface area contributed by atoms with Crippen LogP contribution in [0.5, 0.6) is 0 Å². The molecule has 1 aliphatic carbocycles. The van der Waals surface area contributed by atoms with Crippen molar-refractivity contribution >= 4 is 21.7 Å². The molecule has 4 nitrogen and oxygen atoms in total. The molecule has 2 heterocycles. The lowest BCUT2D eigenvalue weighted by molar-refractivity contribution is 0.0529. The van der Waals surface area contributed by atoms with Crippen molar-refractivity contribution in [2.45, 2.75) is 31.8 Å². The fourth-order valence-corrected chi connectivity index (χ4v) is 2.52. The lowest BCUT2D eigenvalue weighted by Gasteiger charge is -2.32. The highest BCUT2D eigenvalue weighted by Gasteiger charge is 2.28. The number of nitrogens with zero attached hydrogens (tertiary/aromatic N) is 3. The Balaban J connectivity index is 1.85.